The van der Waals surface area contributed by atoms with Gasteiger partial charge in [0, 0.05) is 25.9 Å². The lowest BCUT2D eigenvalue weighted by Crippen LogP contribution is -2.32. The average Bonchev–Trinajstić information content (AvgIpc) is 2.61. The summed E-state index contributed by atoms with van der Waals surface area (Å²) in [6, 6.07) is -0.554. The minimum atomic E-state index is -0.554. The van der Waals surface area contributed by atoms with E-state index in [1.54, 1.807) is 13.1 Å². The number of ether oxygens (including phenoxy) is 1. The van der Waals surface area contributed by atoms with E-state index in [9.17, 15) is 4.79 Å². The van der Waals surface area contributed by atoms with Gasteiger partial charge < -0.3 is 15.0 Å². The number of carbonyl (C=O) groups excluding carboxylic acids is 1. The third kappa shape index (κ3) is 3.36. The Morgan fingerprint density at radius 1 is 1.73 bits per heavy atom. The van der Waals surface area contributed by atoms with Crippen molar-refractivity contribution in [3.05, 3.63) is 18.2 Å². The van der Waals surface area contributed by atoms with Crippen LogP contribution in [0.2, 0.25) is 0 Å². The predicted octanol–water partition coefficient (Wildman–Crippen LogP) is 0.243. The summed E-state index contributed by atoms with van der Waals surface area (Å²) in [5.41, 5.74) is 5.66. The van der Waals surface area contributed by atoms with E-state index >= 15 is 0 Å². The Morgan fingerprint density at radius 2 is 2.47 bits per heavy atom. The van der Waals surface area contributed by atoms with Gasteiger partial charge in [0.15, 0.2) is 0 Å². The molecule has 0 amide bonds. The van der Waals surface area contributed by atoms with Crippen LogP contribution in [0.5, 0.6) is 0 Å². The molecule has 1 aromatic rings. The summed E-state index contributed by atoms with van der Waals surface area (Å²) < 4.78 is 6.73. The number of imidazole rings is 1. The van der Waals surface area contributed by atoms with E-state index in [4.69, 9.17) is 10.5 Å². The number of hydrogen-bond acceptors (Lipinski definition) is 4. The van der Waals surface area contributed by atoms with Crippen LogP contribution in [0.15, 0.2) is 12.4 Å². The highest BCUT2D eigenvalue weighted by Gasteiger charge is 2.14. The van der Waals surface area contributed by atoms with E-state index in [1.165, 1.54) is 0 Å². The fraction of sp³-hybridized carbons (Fsp3) is 0.600. The van der Waals surface area contributed by atoms with Crippen LogP contribution in [-0.4, -0.2) is 28.2 Å². The molecule has 1 unspecified atom stereocenters. The maximum atomic E-state index is 11.2. The summed E-state index contributed by atoms with van der Waals surface area (Å²) in [6.07, 6.45) is 4.84. The molecule has 1 aromatic heterocycles. The molecule has 15 heavy (non-hydrogen) atoms. The lowest BCUT2D eigenvalue weighted by Gasteiger charge is -2.09. The summed E-state index contributed by atoms with van der Waals surface area (Å²) in [7, 11) is 1.91. The first-order valence-electron chi connectivity index (χ1n) is 5.03. The van der Waals surface area contributed by atoms with Gasteiger partial charge in [-0.3, -0.25) is 4.79 Å². The molecule has 0 fully saturated rings. The van der Waals surface area contributed by atoms with Crippen molar-refractivity contribution in [1.29, 1.82) is 0 Å². The number of hydrogen-bond donors (Lipinski definition) is 1. The molecule has 1 heterocycles. The van der Waals surface area contributed by atoms with E-state index in [1.807, 2.05) is 17.8 Å². The number of nitrogens with zero attached hydrogens (tertiary/aromatic N) is 2. The second kappa shape index (κ2) is 5.50. The van der Waals surface area contributed by atoms with Crippen molar-refractivity contribution in [3.8, 4) is 0 Å². The van der Waals surface area contributed by atoms with E-state index in [2.05, 4.69) is 4.98 Å². The zero-order valence-corrected chi connectivity index (χ0v) is 9.14. The van der Waals surface area contributed by atoms with Crippen LogP contribution in [0.4, 0.5) is 0 Å². The van der Waals surface area contributed by atoms with Gasteiger partial charge in [-0.1, -0.05) is 0 Å². The third-order valence-corrected chi connectivity index (χ3v) is 2.19. The number of rotatable bonds is 5. The summed E-state index contributed by atoms with van der Waals surface area (Å²) in [4.78, 5) is 15.4. The van der Waals surface area contributed by atoms with Gasteiger partial charge in [0.25, 0.3) is 0 Å². The van der Waals surface area contributed by atoms with Crippen LogP contribution >= 0.6 is 0 Å². The maximum Gasteiger partial charge on any atom is 0.322 e. The second-order valence-corrected chi connectivity index (χ2v) is 3.35. The highest BCUT2D eigenvalue weighted by Crippen LogP contribution is 2.02. The second-order valence-electron chi connectivity index (χ2n) is 3.35. The minimum absolute atomic E-state index is 0.341. The molecule has 0 saturated carbocycles. The Kier molecular flexibility index (Phi) is 4.30. The minimum Gasteiger partial charge on any atom is -0.465 e. The molecule has 1 rings (SSSR count). The largest absolute Gasteiger partial charge is 0.465 e. The zero-order valence-electron chi connectivity index (χ0n) is 9.14. The zero-order chi connectivity index (χ0) is 11.3. The van der Waals surface area contributed by atoms with Gasteiger partial charge in [0.05, 0.1) is 6.61 Å². The Hall–Kier alpha value is -1.36. The van der Waals surface area contributed by atoms with Crippen molar-refractivity contribution >= 4 is 5.97 Å². The molecule has 0 aliphatic carbocycles. The summed E-state index contributed by atoms with van der Waals surface area (Å²) in [5.74, 6) is 0.585. The molecule has 5 nitrogen and oxygen atoms in total. The first kappa shape index (κ1) is 11.7. The van der Waals surface area contributed by atoms with Gasteiger partial charge in [-0.15, -0.1) is 0 Å². The van der Waals surface area contributed by atoms with Gasteiger partial charge in [0.1, 0.15) is 11.9 Å². The smallest absolute Gasteiger partial charge is 0.322 e. The van der Waals surface area contributed by atoms with Crippen molar-refractivity contribution in [2.45, 2.75) is 25.8 Å². The summed E-state index contributed by atoms with van der Waals surface area (Å²) in [6.45, 7) is 2.14. The lowest BCUT2D eigenvalue weighted by molar-refractivity contribution is -0.144. The molecule has 0 bridgehead atoms. The van der Waals surface area contributed by atoms with E-state index in [0.717, 1.165) is 5.82 Å². The van der Waals surface area contributed by atoms with E-state index < -0.39 is 6.04 Å². The monoisotopic (exact) mass is 211 g/mol. The van der Waals surface area contributed by atoms with Crippen molar-refractivity contribution < 1.29 is 9.53 Å². The highest BCUT2D eigenvalue weighted by atomic mass is 16.5. The average molecular weight is 211 g/mol. The Balaban J connectivity index is 2.37. The van der Waals surface area contributed by atoms with E-state index in [-0.39, 0.29) is 5.97 Å². The molecule has 0 aromatic carbocycles. The van der Waals surface area contributed by atoms with Crippen molar-refractivity contribution in [3.63, 3.8) is 0 Å². The number of esters is 1. The molecule has 0 radical (unpaired) electrons. The summed E-state index contributed by atoms with van der Waals surface area (Å²) in [5, 5.41) is 0. The maximum absolute atomic E-state index is 11.2. The molecule has 5 heteroatoms. The number of aromatic nitrogens is 2. The van der Waals surface area contributed by atoms with Gasteiger partial charge in [-0.2, -0.15) is 0 Å². The standard InChI is InChI=1S/C10H17N3O2/c1-3-15-10(14)8(11)4-5-9-12-6-7-13(9)2/h6-8H,3-5,11H2,1-2H3. The molecule has 0 aliphatic rings. The molecule has 84 valence electrons. The Morgan fingerprint density at radius 3 is 3.00 bits per heavy atom. The van der Waals surface area contributed by atoms with Gasteiger partial charge in [-0.05, 0) is 13.3 Å². The molecular formula is C10H17N3O2. The van der Waals surface area contributed by atoms with Crippen molar-refractivity contribution in [2.24, 2.45) is 12.8 Å². The Bertz CT molecular complexity index is 322. The lowest BCUT2D eigenvalue weighted by atomic mass is 10.1. The Labute approximate surface area is 89.2 Å². The van der Waals surface area contributed by atoms with Gasteiger partial charge in [0.2, 0.25) is 0 Å². The summed E-state index contributed by atoms with van der Waals surface area (Å²) >= 11 is 0. The van der Waals surface area contributed by atoms with Gasteiger partial charge >= 0.3 is 5.97 Å². The first-order chi connectivity index (χ1) is 7.15. The SMILES string of the molecule is CCOC(=O)C(N)CCc1nccn1C. The fourth-order valence-corrected chi connectivity index (χ4v) is 1.29. The van der Waals surface area contributed by atoms with Crippen LogP contribution in [-0.2, 0) is 23.0 Å². The van der Waals surface area contributed by atoms with Gasteiger partial charge in [-0.25, -0.2) is 4.98 Å². The molecule has 0 saturated heterocycles. The third-order valence-electron chi connectivity index (χ3n) is 2.19. The van der Waals surface area contributed by atoms with Crippen LogP contribution in [0, 0.1) is 0 Å². The normalized spacial score (nSPS) is 12.5. The number of nitrogens with two attached hydrogens (primary N) is 1. The van der Waals surface area contributed by atoms with Crippen molar-refractivity contribution in [2.75, 3.05) is 6.61 Å². The first-order valence-corrected chi connectivity index (χ1v) is 5.03. The van der Waals surface area contributed by atoms with E-state index in [0.29, 0.717) is 19.4 Å². The molecule has 0 aliphatic heterocycles. The van der Waals surface area contributed by atoms with Crippen molar-refractivity contribution in [1.82, 2.24) is 9.55 Å². The molecular weight excluding hydrogens is 194 g/mol. The molecule has 0 spiro atoms. The predicted molar refractivity (Wildman–Crippen MR) is 56.1 cm³/mol. The fourth-order valence-electron chi connectivity index (χ4n) is 1.29. The van der Waals surface area contributed by atoms with Crippen LogP contribution in [0.1, 0.15) is 19.2 Å². The topological polar surface area (TPSA) is 70.1 Å². The van der Waals surface area contributed by atoms with Crippen LogP contribution in [0.25, 0.3) is 0 Å². The molecule has 1 atom stereocenters. The highest BCUT2D eigenvalue weighted by molar-refractivity contribution is 5.75. The number of aryl methyl sites for hydroxylation is 2. The quantitative estimate of drug-likeness (QED) is 0.708. The van der Waals surface area contributed by atoms with Crippen LogP contribution < -0.4 is 5.73 Å². The van der Waals surface area contributed by atoms with Crippen LogP contribution in [0.3, 0.4) is 0 Å². The molecule has 2 N–H and O–H groups in total. The number of carbonyl (C=O) groups is 1.